The third-order valence-electron chi connectivity index (χ3n) is 4.69. The lowest BCUT2D eigenvalue weighted by atomic mass is 9.80. The molecule has 0 amide bonds. The lowest BCUT2D eigenvalue weighted by Crippen LogP contribution is -2.41. The van der Waals surface area contributed by atoms with Gasteiger partial charge in [0.2, 0.25) is 0 Å². The first-order valence-electron chi connectivity index (χ1n) is 8.54. The summed E-state index contributed by atoms with van der Waals surface area (Å²) in [4.78, 5) is 2.05. The molecule has 3 rings (SSSR count). The predicted molar refractivity (Wildman–Crippen MR) is 98.6 cm³/mol. The van der Waals surface area contributed by atoms with Crippen LogP contribution in [0.25, 0.3) is 0 Å². The molecule has 1 aromatic carbocycles. The minimum atomic E-state index is -0.000486. The molecule has 1 nitrogen and oxygen atoms in total. The molecule has 1 aromatic rings. The smallest absolute Gasteiger partial charge is 0.0725 e. The van der Waals surface area contributed by atoms with E-state index in [0.29, 0.717) is 0 Å². The largest absolute Gasteiger partial charge is 0.325 e. The van der Waals surface area contributed by atoms with Crippen molar-refractivity contribution in [2.75, 3.05) is 7.05 Å². The molecule has 2 aliphatic carbocycles. The molecule has 0 bridgehead atoms. The Morgan fingerprint density at radius 1 is 0.870 bits per heavy atom. The molecule has 0 unspecified atom stereocenters. The van der Waals surface area contributed by atoms with Crippen LogP contribution in [-0.2, 0) is 5.54 Å². The van der Waals surface area contributed by atoms with Crippen LogP contribution in [0.2, 0.25) is 0 Å². The maximum Gasteiger partial charge on any atom is 0.0725 e. The quantitative estimate of drug-likeness (QED) is 0.442. The van der Waals surface area contributed by atoms with Gasteiger partial charge < -0.3 is 4.90 Å². The number of hydrogen-bond acceptors (Lipinski definition) is 1. The molecule has 0 atom stereocenters. The third kappa shape index (κ3) is 3.59. The van der Waals surface area contributed by atoms with Crippen molar-refractivity contribution in [3.05, 3.63) is 70.6 Å². The average molecular weight is 305 g/mol. The summed E-state index contributed by atoms with van der Waals surface area (Å²) in [7, 11) is 2.03. The summed E-state index contributed by atoms with van der Waals surface area (Å²) in [5, 5.41) is 2.85. The van der Waals surface area contributed by atoms with E-state index in [1.807, 2.05) is 7.05 Å². The maximum absolute atomic E-state index is 5.63. The van der Waals surface area contributed by atoms with Crippen molar-refractivity contribution < 1.29 is 0 Å². The SMILES string of the molecule is C#CN(C)C(CCC)(CCC)c1ccccc1.c1cc2ccc1=2. The van der Waals surface area contributed by atoms with E-state index in [4.69, 9.17) is 6.42 Å². The summed E-state index contributed by atoms with van der Waals surface area (Å²) in [5.41, 5.74) is 1.34. The van der Waals surface area contributed by atoms with Gasteiger partial charge in [-0.1, -0.05) is 87.7 Å². The van der Waals surface area contributed by atoms with Crippen molar-refractivity contribution in [3.63, 3.8) is 0 Å². The molecule has 120 valence electrons. The highest BCUT2D eigenvalue weighted by Crippen LogP contribution is 2.36. The fourth-order valence-electron chi connectivity index (χ4n) is 3.30. The minimum absolute atomic E-state index is 0.000486. The van der Waals surface area contributed by atoms with Gasteiger partial charge in [-0.05, 0) is 28.8 Å². The Balaban J connectivity index is 0.000000260. The summed E-state index contributed by atoms with van der Waals surface area (Å²) in [5.74, 6) is 0. The van der Waals surface area contributed by atoms with Crippen molar-refractivity contribution in [1.82, 2.24) is 4.90 Å². The normalized spacial score (nSPS) is 11.0. The monoisotopic (exact) mass is 305 g/mol. The van der Waals surface area contributed by atoms with Gasteiger partial charge in [0, 0.05) is 13.1 Å². The van der Waals surface area contributed by atoms with Crippen molar-refractivity contribution in [2.45, 2.75) is 45.1 Å². The molecule has 23 heavy (non-hydrogen) atoms. The van der Waals surface area contributed by atoms with E-state index >= 15 is 0 Å². The Bertz CT molecular complexity index is 683. The van der Waals surface area contributed by atoms with Crippen molar-refractivity contribution in [3.8, 4) is 12.5 Å². The minimum Gasteiger partial charge on any atom is -0.325 e. The lowest BCUT2D eigenvalue weighted by molar-refractivity contribution is 0.158. The fraction of sp³-hybridized carbons (Fsp3) is 0.364. The van der Waals surface area contributed by atoms with Gasteiger partial charge in [-0.3, -0.25) is 0 Å². The Hall–Kier alpha value is -2.20. The predicted octanol–water partition coefficient (Wildman–Crippen LogP) is 5.29. The van der Waals surface area contributed by atoms with E-state index < -0.39 is 0 Å². The molecule has 0 heterocycles. The highest BCUT2D eigenvalue weighted by Gasteiger charge is 2.33. The third-order valence-corrected chi connectivity index (χ3v) is 4.69. The zero-order valence-electron chi connectivity index (χ0n) is 14.5. The van der Waals surface area contributed by atoms with Gasteiger partial charge in [-0.25, -0.2) is 0 Å². The van der Waals surface area contributed by atoms with Crippen LogP contribution < -0.4 is 0 Å². The summed E-state index contributed by atoms with van der Waals surface area (Å²) >= 11 is 0. The van der Waals surface area contributed by atoms with Crippen LogP contribution in [0.3, 0.4) is 0 Å². The van der Waals surface area contributed by atoms with Crippen molar-refractivity contribution in [1.29, 1.82) is 0 Å². The zero-order chi connectivity index (χ0) is 16.7. The van der Waals surface area contributed by atoms with Crippen LogP contribution in [0.15, 0.2) is 54.6 Å². The van der Waals surface area contributed by atoms with Crippen LogP contribution >= 0.6 is 0 Å². The second-order valence-corrected chi connectivity index (χ2v) is 6.16. The van der Waals surface area contributed by atoms with Crippen LogP contribution in [0.4, 0.5) is 0 Å². The Morgan fingerprint density at radius 2 is 1.35 bits per heavy atom. The van der Waals surface area contributed by atoms with Gasteiger partial charge in [-0.2, -0.15) is 0 Å². The Morgan fingerprint density at radius 3 is 1.65 bits per heavy atom. The number of benzene rings is 2. The molecule has 0 fully saturated rings. The molecule has 1 heteroatoms. The highest BCUT2D eigenvalue weighted by molar-refractivity contribution is 5.26. The van der Waals surface area contributed by atoms with Crippen molar-refractivity contribution in [2.24, 2.45) is 0 Å². The number of nitrogens with zero attached hydrogens (tertiary/aromatic N) is 1. The lowest BCUT2D eigenvalue weighted by Gasteiger charge is -2.40. The summed E-state index contributed by atoms with van der Waals surface area (Å²) in [6.07, 6.45) is 10.1. The first kappa shape index (κ1) is 17.2. The highest BCUT2D eigenvalue weighted by atomic mass is 15.1. The van der Waals surface area contributed by atoms with E-state index in [0.717, 1.165) is 25.7 Å². The maximum atomic E-state index is 5.63. The van der Waals surface area contributed by atoms with Crippen molar-refractivity contribution >= 4 is 0 Å². The molecule has 0 saturated carbocycles. The van der Waals surface area contributed by atoms with E-state index in [9.17, 15) is 0 Å². The number of hydrogen-bond donors (Lipinski definition) is 0. The second kappa shape index (κ2) is 7.88. The molecule has 0 aliphatic heterocycles. The standard InChI is InChI=1S/C16H23N.C6H4/c1-5-13-16(14-6-2,17(4)7-3)15-11-9-8-10-12-15;1-2-6-4-3-5(1)6/h3,8-12H,5-6,13-14H2,1-2,4H3;1-4H. The van der Waals surface area contributed by atoms with Gasteiger partial charge >= 0.3 is 0 Å². The van der Waals surface area contributed by atoms with Crippen LogP contribution in [0.1, 0.15) is 45.1 Å². The fourth-order valence-corrected chi connectivity index (χ4v) is 3.30. The molecule has 0 spiro atoms. The van der Waals surface area contributed by atoms with Gasteiger partial charge in [0.25, 0.3) is 0 Å². The van der Waals surface area contributed by atoms with Gasteiger partial charge in [0.05, 0.1) is 5.54 Å². The van der Waals surface area contributed by atoms with Crippen LogP contribution in [-0.4, -0.2) is 11.9 Å². The topological polar surface area (TPSA) is 3.24 Å². The molecule has 0 aromatic heterocycles. The number of rotatable bonds is 6. The Labute approximate surface area is 140 Å². The molecule has 0 saturated heterocycles. The van der Waals surface area contributed by atoms with E-state index in [2.05, 4.69) is 79.4 Å². The van der Waals surface area contributed by atoms with E-state index in [1.165, 1.54) is 16.0 Å². The first-order valence-corrected chi connectivity index (χ1v) is 8.54. The molecule has 0 N–H and O–H groups in total. The van der Waals surface area contributed by atoms with Gasteiger partial charge in [-0.15, -0.1) is 0 Å². The molecule has 0 radical (unpaired) electrons. The van der Waals surface area contributed by atoms with Gasteiger partial charge in [0.1, 0.15) is 0 Å². The van der Waals surface area contributed by atoms with Crippen LogP contribution in [0.5, 0.6) is 0 Å². The zero-order valence-corrected chi connectivity index (χ0v) is 14.5. The first-order chi connectivity index (χ1) is 11.2. The molecular weight excluding hydrogens is 278 g/mol. The summed E-state index contributed by atoms with van der Waals surface area (Å²) < 4.78 is 0. The van der Waals surface area contributed by atoms with Gasteiger partial charge in [0.15, 0.2) is 0 Å². The summed E-state index contributed by atoms with van der Waals surface area (Å²) in [6.45, 7) is 4.44. The second-order valence-electron chi connectivity index (χ2n) is 6.16. The van der Waals surface area contributed by atoms with Crippen LogP contribution in [0, 0.1) is 22.9 Å². The summed E-state index contributed by atoms with van der Waals surface area (Å²) in [6, 6.07) is 21.9. The average Bonchev–Trinajstić information content (AvgIpc) is 2.58. The Kier molecular flexibility index (Phi) is 5.88. The molecular formula is C22H27N. The van der Waals surface area contributed by atoms with E-state index in [1.54, 1.807) is 0 Å². The molecule has 2 aliphatic rings. The van der Waals surface area contributed by atoms with E-state index in [-0.39, 0.29) is 5.54 Å². The number of terminal acetylenes is 1.